The number of halogens is 3. The van der Waals surface area contributed by atoms with E-state index in [0.29, 0.717) is 28.0 Å². The molecule has 1 aromatic heterocycles. The first kappa shape index (κ1) is 38.9. The number of benzene rings is 3. The van der Waals surface area contributed by atoms with Crippen LogP contribution in [0.2, 0.25) is 18.1 Å². The van der Waals surface area contributed by atoms with Gasteiger partial charge in [-0.05, 0) is 73.3 Å². The summed E-state index contributed by atoms with van der Waals surface area (Å²) in [6, 6.07) is 21.3. The van der Waals surface area contributed by atoms with E-state index in [1.54, 1.807) is 62.4 Å². The van der Waals surface area contributed by atoms with Crippen molar-refractivity contribution in [2.24, 2.45) is 0 Å². The van der Waals surface area contributed by atoms with Gasteiger partial charge in [0.2, 0.25) is 0 Å². The van der Waals surface area contributed by atoms with Gasteiger partial charge in [0.05, 0.1) is 18.8 Å². The number of cyclic esters (lactones) is 1. The van der Waals surface area contributed by atoms with Gasteiger partial charge in [-0.2, -0.15) is 13.2 Å². The Hall–Kier alpha value is -4.30. The third-order valence-electron chi connectivity index (χ3n) is 10.0. The van der Waals surface area contributed by atoms with Crippen molar-refractivity contribution in [2.75, 3.05) is 0 Å². The van der Waals surface area contributed by atoms with Crippen LogP contribution < -0.4 is 0 Å². The Bertz CT molecular complexity index is 1870. The van der Waals surface area contributed by atoms with Crippen LogP contribution in [0.4, 0.5) is 18.0 Å². The zero-order chi connectivity index (χ0) is 38.3. The fraction of sp³-hybridized carbons (Fsp3) is 0.410. The van der Waals surface area contributed by atoms with Gasteiger partial charge in [-0.1, -0.05) is 92.7 Å². The standard InChI is InChI=1S/C39H45F3N2O7Si/c1-36(2,3)52(7,8)49-24-30-22-31(43-51-30)33(45)38(6,34(46)44-32(28-12-10-9-11-13-28)37(4,5)50-35(44)47)48-23-25-14-16-26(17-15-25)27-18-20-29(21-19-27)39(40,41)42/h9-22,32-33,45H,23-24H2,1-8H3/t32-,33-,38-/m0/s1. The molecule has 13 heteroatoms. The lowest BCUT2D eigenvalue weighted by molar-refractivity contribution is -0.175. The molecule has 9 nitrogen and oxygen atoms in total. The van der Waals surface area contributed by atoms with Crippen LogP contribution in [0, 0.1) is 0 Å². The summed E-state index contributed by atoms with van der Waals surface area (Å²) in [5.74, 6) is -0.510. The van der Waals surface area contributed by atoms with Crippen LogP contribution in [0.5, 0.6) is 0 Å². The molecule has 1 fully saturated rings. The normalized spacial score (nSPS) is 18.2. The number of aliphatic hydroxyl groups excluding tert-OH is 1. The third-order valence-corrected chi connectivity index (χ3v) is 14.5. The molecule has 0 aliphatic carbocycles. The maximum Gasteiger partial charge on any atom is 0.417 e. The number of hydrogen-bond acceptors (Lipinski definition) is 8. The number of imide groups is 1. The summed E-state index contributed by atoms with van der Waals surface area (Å²) in [6.07, 6.45) is -7.04. The first-order valence-corrected chi connectivity index (χ1v) is 19.8. The topological polar surface area (TPSA) is 111 Å². The van der Waals surface area contributed by atoms with Gasteiger partial charge in [0.15, 0.2) is 19.7 Å². The van der Waals surface area contributed by atoms with Gasteiger partial charge in [0.25, 0.3) is 5.91 Å². The summed E-state index contributed by atoms with van der Waals surface area (Å²) >= 11 is 0. The first-order chi connectivity index (χ1) is 24.1. The summed E-state index contributed by atoms with van der Waals surface area (Å²) in [5.41, 5.74) is -1.46. The van der Waals surface area contributed by atoms with E-state index < -0.39 is 55.4 Å². The minimum Gasteiger partial charge on any atom is -0.440 e. The fourth-order valence-corrected chi connectivity index (χ4v) is 6.72. The van der Waals surface area contributed by atoms with Gasteiger partial charge < -0.3 is 23.5 Å². The highest BCUT2D eigenvalue weighted by atomic mass is 28.4. The summed E-state index contributed by atoms with van der Waals surface area (Å²) in [7, 11) is -2.16. The van der Waals surface area contributed by atoms with Crippen LogP contribution in [0.15, 0.2) is 89.5 Å². The molecule has 1 aliphatic rings. The zero-order valence-corrected chi connectivity index (χ0v) is 31.6. The van der Waals surface area contributed by atoms with Crippen LogP contribution >= 0.6 is 0 Å². The van der Waals surface area contributed by atoms with E-state index >= 15 is 0 Å². The number of aliphatic hydroxyl groups is 1. The number of aromatic nitrogens is 1. The third kappa shape index (κ3) is 8.02. The van der Waals surface area contributed by atoms with Crippen molar-refractivity contribution >= 4 is 20.3 Å². The van der Waals surface area contributed by atoms with E-state index in [2.05, 4.69) is 39.0 Å². The quantitative estimate of drug-likeness (QED) is 0.152. The molecule has 0 radical (unpaired) electrons. The van der Waals surface area contributed by atoms with Gasteiger partial charge >= 0.3 is 12.3 Å². The number of nitrogens with zero attached hydrogens (tertiary/aromatic N) is 2. The van der Waals surface area contributed by atoms with E-state index in [1.807, 2.05) is 6.07 Å². The second-order valence-corrected chi connectivity index (χ2v) is 20.1. The van der Waals surface area contributed by atoms with Gasteiger partial charge in [0, 0.05) is 6.07 Å². The van der Waals surface area contributed by atoms with Gasteiger partial charge in [-0.15, -0.1) is 0 Å². The van der Waals surface area contributed by atoms with E-state index in [1.165, 1.54) is 25.1 Å². The first-order valence-electron chi connectivity index (χ1n) is 16.9. The second kappa shape index (κ2) is 14.3. The smallest absolute Gasteiger partial charge is 0.417 e. The Kier molecular flexibility index (Phi) is 10.7. The SMILES string of the molecule is CC1(C)OC(=O)N(C(=O)[C@@](C)(OCc2ccc(-c3ccc(C(F)(F)F)cc3)cc2)[C@@H](O)c2cc(CO[Si](C)(C)C(C)(C)C)on2)[C@H]1c1ccccc1. The second-order valence-electron chi connectivity index (χ2n) is 15.3. The zero-order valence-electron chi connectivity index (χ0n) is 30.6. The van der Waals surface area contributed by atoms with E-state index in [0.717, 1.165) is 17.0 Å². The molecule has 1 N–H and O–H groups in total. The lowest BCUT2D eigenvalue weighted by atomic mass is 9.88. The highest BCUT2D eigenvalue weighted by molar-refractivity contribution is 6.74. The van der Waals surface area contributed by atoms with Crippen molar-refractivity contribution in [2.45, 2.75) is 102 Å². The fourth-order valence-electron chi connectivity index (χ4n) is 5.78. The van der Waals surface area contributed by atoms with Crippen molar-refractivity contribution in [1.29, 1.82) is 0 Å². The van der Waals surface area contributed by atoms with E-state index in [9.17, 15) is 27.9 Å². The molecule has 0 saturated carbocycles. The molecule has 5 rings (SSSR count). The Balaban J connectivity index is 1.45. The molecule has 2 amide bonds. The lowest BCUT2D eigenvalue weighted by Crippen LogP contribution is -2.54. The molecular weight excluding hydrogens is 694 g/mol. The molecule has 1 saturated heterocycles. The number of carbonyl (C=O) groups excluding carboxylic acids is 2. The predicted molar refractivity (Wildman–Crippen MR) is 190 cm³/mol. The summed E-state index contributed by atoms with van der Waals surface area (Å²) in [6.45, 7) is 15.2. The summed E-state index contributed by atoms with van der Waals surface area (Å²) in [4.78, 5) is 29.1. The monoisotopic (exact) mass is 738 g/mol. The molecule has 278 valence electrons. The summed E-state index contributed by atoms with van der Waals surface area (Å²) < 4.78 is 63.0. The molecule has 0 unspecified atom stereocenters. The molecule has 0 spiro atoms. The molecule has 0 bridgehead atoms. The van der Waals surface area contributed by atoms with Crippen molar-refractivity contribution in [3.63, 3.8) is 0 Å². The van der Waals surface area contributed by atoms with Crippen molar-refractivity contribution in [3.05, 3.63) is 113 Å². The van der Waals surface area contributed by atoms with Crippen molar-refractivity contribution in [3.8, 4) is 11.1 Å². The maximum absolute atomic E-state index is 14.7. The number of hydrogen-bond donors (Lipinski definition) is 1. The average molecular weight is 739 g/mol. The number of rotatable bonds is 11. The van der Waals surface area contributed by atoms with Crippen LogP contribution in [0.3, 0.4) is 0 Å². The average Bonchev–Trinajstić information content (AvgIpc) is 3.66. The molecule has 52 heavy (non-hydrogen) atoms. The maximum atomic E-state index is 14.7. The largest absolute Gasteiger partial charge is 0.440 e. The number of alkyl halides is 3. The van der Waals surface area contributed by atoms with Crippen LogP contribution in [-0.4, -0.2) is 46.7 Å². The number of amides is 2. The highest BCUT2D eigenvalue weighted by Crippen LogP contribution is 2.45. The van der Waals surface area contributed by atoms with Crippen molar-refractivity contribution in [1.82, 2.24) is 10.1 Å². The van der Waals surface area contributed by atoms with Crippen LogP contribution in [-0.2, 0) is 38.1 Å². The van der Waals surface area contributed by atoms with Crippen LogP contribution in [0.25, 0.3) is 11.1 Å². The molecule has 4 aromatic rings. The molecule has 3 atom stereocenters. The Morgan fingerprint density at radius 2 is 1.52 bits per heavy atom. The Labute approximate surface area is 302 Å². The minimum atomic E-state index is -4.44. The van der Waals surface area contributed by atoms with Gasteiger partial charge in [0.1, 0.15) is 23.4 Å². The summed E-state index contributed by atoms with van der Waals surface area (Å²) in [5, 5.41) is 15.9. The highest BCUT2D eigenvalue weighted by Gasteiger charge is 2.57. The van der Waals surface area contributed by atoms with Crippen LogP contribution in [0.1, 0.15) is 81.8 Å². The van der Waals surface area contributed by atoms with Gasteiger partial charge in [-0.3, -0.25) is 4.79 Å². The molecule has 2 heterocycles. The molecule has 1 aliphatic heterocycles. The molecule has 3 aromatic carbocycles. The predicted octanol–water partition coefficient (Wildman–Crippen LogP) is 9.39. The number of ether oxygens (including phenoxy) is 2. The van der Waals surface area contributed by atoms with Crippen molar-refractivity contribution < 1.29 is 46.3 Å². The minimum absolute atomic E-state index is 0.00502. The Morgan fingerprint density at radius 1 is 0.942 bits per heavy atom. The number of carbonyl (C=O) groups is 2. The van der Waals surface area contributed by atoms with Gasteiger partial charge in [-0.25, -0.2) is 9.69 Å². The Morgan fingerprint density at radius 3 is 2.08 bits per heavy atom. The van der Waals surface area contributed by atoms with E-state index in [4.69, 9.17) is 18.4 Å². The molecular formula is C39H45F3N2O7Si. The lowest BCUT2D eigenvalue weighted by Gasteiger charge is -2.37. The van der Waals surface area contributed by atoms with E-state index in [-0.39, 0.29) is 23.9 Å².